The molecule has 0 aromatic carbocycles. The summed E-state index contributed by atoms with van der Waals surface area (Å²) in [5.74, 6) is 0.564. The van der Waals surface area contributed by atoms with Gasteiger partial charge in [-0.1, -0.05) is 0 Å². The van der Waals surface area contributed by atoms with Gasteiger partial charge in [-0.3, -0.25) is 4.79 Å². The lowest BCUT2D eigenvalue weighted by atomic mass is 10.2. The summed E-state index contributed by atoms with van der Waals surface area (Å²) >= 11 is 3.33. The quantitative estimate of drug-likeness (QED) is 0.889. The summed E-state index contributed by atoms with van der Waals surface area (Å²) < 4.78 is 0.774. The van der Waals surface area contributed by atoms with E-state index in [1.807, 2.05) is 19.0 Å². The highest BCUT2D eigenvalue weighted by Gasteiger charge is 2.27. The number of aliphatic hydroxyl groups is 1. The Hall–Kier alpha value is -1.14. The van der Waals surface area contributed by atoms with Gasteiger partial charge in [-0.2, -0.15) is 0 Å². The van der Waals surface area contributed by atoms with Crippen LogP contribution in [-0.4, -0.2) is 54.2 Å². The van der Waals surface area contributed by atoms with Crippen molar-refractivity contribution in [2.24, 2.45) is 0 Å². The van der Waals surface area contributed by atoms with Gasteiger partial charge in [0.1, 0.15) is 5.82 Å². The molecule has 1 aromatic rings. The second-order valence-corrected chi connectivity index (χ2v) is 5.53. The average molecular weight is 314 g/mol. The number of hydrogen-bond acceptors (Lipinski definition) is 4. The molecule has 1 amide bonds. The summed E-state index contributed by atoms with van der Waals surface area (Å²) in [6.07, 6.45) is 1.91. The lowest BCUT2D eigenvalue weighted by Crippen LogP contribution is -2.31. The number of hydrogen-bond donors (Lipinski definition) is 1. The molecule has 2 heterocycles. The van der Waals surface area contributed by atoms with E-state index in [1.165, 1.54) is 0 Å². The van der Waals surface area contributed by atoms with Crippen molar-refractivity contribution in [3.63, 3.8) is 0 Å². The second-order valence-electron chi connectivity index (χ2n) is 4.61. The van der Waals surface area contributed by atoms with Gasteiger partial charge in [-0.15, -0.1) is 0 Å². The summed E-state index contributed by atoms with van der Waals surface area (Å²) in [6, 6.07) is 1.77. The van der Waals surface area contributed by atoms with Gasteiger partial charge in [0.2, 0.25) is 0 Å². The first kappa shape index (κ1) is 13.3. The Morgan fingerprint density at radius 2 is 2.33 bits per heavy atom. The minimum absolute atomic E-state index is 0.0796. The van der Waals surface area contributed by atoms with Crippen LogP contribution in [0, 0.1) is 0 Å². The molecule has 1 aliphatic heterocycles. The minimum atomic E-state index is -0.406. The molecule has 1 N–H and O–H groups in total. The summed E-state index contributed by atoms with van der Waals surface area (Å²) in [5, 5.41) is 9.50. The van der Waals surface area contributed by atoms with Crippen molar-refractivity contribution in [3.05, 3.63) is 22.3 Å². The molecule has 1 atom stereocenters. The molecule has 0 aliphatic carbocycles. The Kier molecular flexibility index (Phi) is 3.87. The van der Waals surface area contributed by atoms with Crippen LogP contribution in [0.15, 0.2) is 16.7 Å². The fourth-order valence-corrected chi connectivity index (χ4v) is 2.37. The fraction of sp³-hybridized carbons (Fsp3) is 0.500. The number of aromatic nitrogens is 1. The largest absolute Gasteiger partial charge is 0.391 e. The van der Waals surface area contributed by atoms with Crippen molar-refractivity contribution >= 4 is 27.7 Å². The number of halogens is 1. The molecule has 5 nitrogen and oxygen atoms in total. The highest BCUT2D eigenvalue weighted by Crippen LogP contribution is 2.23. The number of nitrogens with zero attached hydrogens (tertiary/aromatic N) is 3. The van der Waals surface area contributed by atoms with Crippen molar-refractivity contribution < 1.29 is 9.90 Å². The number of amides is 1. The van der Waals surface area contributed by atoms with Crippen LogP contribution in [0.4, 0.5) is 5.82 Å². The molecule has 0 radical (unpaired) electrons. The van der Waals surface area contributed by atoms with Crippen LogP contribution >= 0.6 is 15.9 Å². The van der Waals surface area contributed by atoms with Gasteiger partial charge in [0.05, 0.1) is 11.7 Å². The normalized spacial score (nSPS) is 19.1. The van der Waals surface area contributed by atoms with E-state index in [1.54, 1.807) is 17.2 Å². The lowest BCUT2D eigenvalue weighted by molar-refractivity contribution is 0.0765. The van der Waals surface area contributed by atoms with Crippen LogP contribution in [-0.2, 0) is 0 Å². The molecule has 0 unspecified atom stereocenters. The predicted molar refractivity (Wildman–Crippen MR) is 72.8 cm³/mol. The first-order valence-corrected chi connectivity index (χ1v) is 6.58. The molecule has 1 aliphatic rings. The van der Waals surface area contributed by atoms with Crippen molar-refractivity contribution in [2.75, 3.05) is 32.1 Å². The summed E-state index contributed by atoms with van der Waals surface area (Å²) in [4.78, 5) is 20.1. The number of likely N-dealkylation sites (tertiary alicyclic amines) is 1. The van der Waals surface area contributed by atoms with Crippen LogP contribution in [0.3, 0.4) is 0 Å². The van der Waals surface area contributed by atoms with E-state index in [4.69, 9.17) is 0 Å². The van der Waals surface area contributed by atoms with E-state index < -0.39 is 6.10 Å². The van der Waals surface area contributed by atoms with Gasteiger partial charge in [0, 0.05) is 37.9 Å². The number of pyridine rings is 1. The number of anilines is 1. The second kappa shape index (κ2) is 5.24. The molecule has 0 spiro atoms. The lowest BCUT2D eigenvalue weighted by Gasteiger charge is -2.20. The Bertz CT molecular complexity index is 465. The first-order chi connectivity index (χ1) is 8.49. The van der Waals surface area contributed by atoms with E-state index in [0.717, 1.165) is 4.47 Å². The maximum atomic E-state index is 12.4. The summed E-state index contributed by atoms with van der Waals surface area (Å²) in [6.45, 7) is 0.998. The van der Waals surface area contributed by atoms with Crippen LogP contribution in [0.25, 0.3) is 0 Å². The topological polar surface area (TPSA) is 56.7 Å². The van der Waals surface area contributed by atoms with Gasteiger partial charge in [-0.25, -0.2) is 4.98 Å². The monoisotopic (exact) mass is 313 g/mol. The fourth-order valence-electron chi connectivity index (χ4n) is 2.04. The van der Waals surface area contributed by atoms with E-state index in [9.17, 15) is 9.90 Å². The zero-order valence-electron chi connectivity index (χ0n) is 10.4. The molecule has 1 aromatic heterocycles. The Morgan fingerprint density at radius 1 is 1.61 bits per heavy atom. The number of carbonyl (C=O) groups excluding carboxylic acids is 1. The third-order valence-electron chi connectivity index (χ3n) is 2.94. The molecule has 2 rings (SSSR count). The Labute approximate surface area is 115 Å². The molecule has 98 valence electrons. The number of aliphatic hydroxyl groups excluding tert-OH is 1. The third-order valence-corrected chi connectivity index (χ3v) is 3.37. The van der Waals surface area contributed by atoms with Crippen molar-refractivity contribution in [1.82, 2.24) is 9.88 Å². The number of carbonyl (C=O) groups is 1. The van der Waals surface area contributed by atoms with Gasteiger partial charge in [-0.05, 0) is 28.4 Å². The van der Waals surface area contributed by atoms with Crippen LogP contribution in [0.1, 0.15) is 16.8 Å². The van der Waals surface area contributed by atoms with Crippen molar-refractivity contribution in [3.8, 4) is 0 Å². The third kappa shape index (κ3) is 2.64. The van der Waals surface area contributed by atoms with Crippen molar-refractivity contribution in [1.29, 1.82) is 0 Å². The molecule has 1 saturated heterocycles. The van der Waals surface area contributed by atoms with Crippen molar-refractivity contribution in [2.45, 2.75) is 12.5 Å². The molecule has 0 bridgehead atoms. The Morgan fingerprint density at radius 3 is 2.89 bits per heavy atom. The van der Waals surface area contributed by atoms with E-state index in [-0.39, 0.29) is 5.91 Å². The number of rotatable bonds is 2. The molecule has 0 saturated carbocycles. The van der Waals surface area contributed by atoms with Gasteiger partial charge >= 0.3 is 0 Å². The summed E-state index contributed by atoms with van der Waals surface area (Å²) in [5.41, 5.74) is 0.559. The maximum Gasteiger partial charge on any atom is 0.257 e. The smallest absolute Gasteiger partial charge is 0.257 e. The molecular weight excluding hydrogens is 298 g/mol. The first-order valence-electron chi connectivity index (χ1n) is 5.79. The SMILES string of the molecule is CN(C)c1ncc(Br)cc1C(=O)N1CC[C@@H](O)C1. The molecular formula is C12H16BrN3O2. The number of β-amino-alcohol motifs (C(OH)–C–C–N with tert-alkyl or cyclic N) is 1. The van der Waals surface area contributed by atoms with E-state index in [0.29, 0.717) is 30.9 Å². The molecule has 18 heavy (non-hydrogen) atoms. The van der Waals surface area contributed by atoms with Crippen LogP contribution < -0.4 is 4.90 Å². The maximum absolute atomic E-state index is 12.4. The minimum Gasteiger partial charge on any atom is -0.391 e. The molecule has 6 heteroatoms. The van der Waals surface area contributed by atoms with Gasteiger partial charge in [0.15, 0.2) is 0 Å². The predicted octanol–water partition coefficient (Wildman–Crippen LogP) is 1.12. The van der Waals surface area contributed by atoms with Crippen LogP contribution in [0.2, 0.25) is 0 Å². The van der Waals surface area contributed by atoms with Crippen LogP contribution in [0.5, 0.6) is 0 Å². The van der Waals surface area contributed by atoms with Gasteiger partial charge < -0.3 is 14.9 Å². The highest BCUT2D eigenvalue weighted by atomic mass is 79.9. The zero-order chi connectivity index (χ0) is 13.3. The van der Waals surface area contributed by atoms with E-state index >= 15 is 0 Å². The molecule has 1 fully saturated rings. The standard InChI is InChI=1S/C12H16BrN3O2/c1-15(2)11-10(5-8(13)6-14-11)12(18)16-4-3-9(17)7-16/h5-6,9,17H,3-4,7H2,1-2H3/t9-/m1/s1. The average Bonchev–Trinajstić information content (AvgIpc) is 2.74. The summed E-state index contributed by atoms with van der Waals surface area (Å²) in [7, 11) is 3.71. The highest BCUT2D eigenvalue weighted by molar-refractivity contribution is 9.10. The zero-order valence-corrected chi connectivity index (χ0v) is 12.0. The van der Waals surface area contributed by atoms with E-state index in [2.05, 4.69) is 20.9 Å². The Balaban J connectivity index is 2.31. The van der Waals surface area contributed by atoms with Gasteiger partial charge in [0.25, 0.3) is 5.91 Å².